The van der Waals surface area contributed by atoms with Crippen LogP contribution < -0.4 is 15.2 Å². The Kier molecular flexibility index (Phi) is 6.52. The van der Waals surface area contributed by atoms with Gasteiger partial charge >= 0.3 is 0 Å². The molecule has 6 heteroatoms. The molecule has 0 amide bonds. The third-order valence-electron chi connectivity index (χ3n) is 3.67. The van der Waals surface area contributed by atoms with Crippen LogP contribution in [0.5, 0.6) is 5.75 Å². The summed E-state index contributed by atoms with van der Waals surface area (Å²) in [6.45, 7) is 0.441. The van der Waals surface area contributed by atoms with E-state index >= 15 is 0 Å². The van der Waals surface area contributed by atoms with Gasteiger partial charge in [-0.3, -0.25) is 4.79 Å². The van der Waals surface area contributed by atoms with Gasteiger partial charge in [-0.2, -0.15) is 0 Å². The van der Waals surface area contributed by atoms with E-state index in [-0.39, 0.29) is 12.2 Å². The summed E-state index contributed by atoms with van der Waals surface area (Å²) in [5.74, 6) is -0.725. The van der Waals surface area contributed by atoms with Crippen LogP contribution in [-0.4, -0.2) is 24.9 Å². The maximum atomic E-state index is 12.2. The molecule has 0 aliphatic heterocycles. The van der Waals surface area contributed by atoms with Crippen molar-refractivity contribution < 1.29 is 24.7 Å². The van der Waals surface area contributed by atoms with E-state index in [1.165, 1.54) is 0 Å². The maximum absolute atomic E-state index is 12.2. The molecule has 1 atom stereocenters. The predicted octanol–water partition coefficient (Wildman–Crippen LogP) is 0.913. The highest BCUT2D eigenvalue weighted by atomic mass is 79.9. The molecule has 5 nitrogen and oxygen atoms in total. The summed E-state index contributed by atoms with van der Waals surface area (Å²) in [5.41, 5.74) is 1.43. The van der Waals surface area contributed by atoms with Crippen molar-refractivity contribution in [1.29, 1.82) is 0 Å². The number of methoxy groups -OCH3 is 1. The number of Topliss-reactive ketones (excluding diaryl/α,β-unsaturated/α-hetero) is 1. The lowest BCUT2D eigenvalue weighted by molar-refractivity contribution is -0.697. The highest BCUT2D eigenvalue weighted by molar-refractivity contribution is 9.10. The van der Waals surface area contributed by atoms with E-state index in [4.69, 9.17) is 4.74 Å². The minimum atomic E-state index is -1.24. The molecule has 2 rings (SSSR count). The summed E-state index contributed by atoms with van der Waals surface area (Å²) >= 11 is 3.30. The topological polar surface area (TPSA) is 83.0 Å². The van der Waals surface area contributed by atoms with Crippen LogP contribution in [0.4, 0.5) is 0 Å². The van der Waals surface area contributed by atoms with E-state index in [1.54, 1.807) is 36.7 Å². The standard InChI is InChI=1S/C18H18BrNO4/c1-24-15-8-2-12(3-9-15)11-20-16(18(22)23)10-17(21)13-4-6-14(19)7-5-13/h2-9,16,20H,10-11H2,1H3,(H,22,23)/t16-/m1/s1. The van der Waals surface area contributed by atoms with Gasteiger partial charge in [-0.25, -0.2) is 0 Å². The molecular weight excluding hydrogens is 374 g/mol. The van der Waals surface area contributed by atoms with Crippen molar-refractivity contribution in [3.63, 3.8) is 0 Å². The van der Waals surface area contributed by atoms with Crippen molar-refractivity contribution in [2.24, 2.45) is 0 Å². The zero-order valence-electron chi connectivity index (χ0n) is 13.2. The van der Waals surface area contributed by atoms with Crippen molar-refractivity contribution >= 4 is 27.7 Å². The quantitative estimate of drug-likeness (QED) is 0.678. The van der Waals surface area contributed by atoms with E-state index in [0.29, 0.717) is 12.1 Å². The SMILES string of the molecule is COc1ccc(C[NH2+][C@H](CC(=O)c2ccc(Br)cc2)C(=O)[O-])cc1. The number of hydrogen-bond acceptors (Lipinski definition) is 4. The van der Waals surface area contributed by atoms with Crippen LogP contribution in [0.15, 0.2) is 53.0 Å². The Labute approximate surface area is 148 Å². The smallest absolute Gasteiger partial charge is 0.169 e. The molecule has 0 unspecified atom stereocenters. The van der Waals surface area contributed by atoms with Gasteiger partial charge in [-0.05, 0) is 36.4 Å². The zero-order valence-corrected chi connectivity index (χ0v) is 14.8. The zero-order chi connectivity index (χ0) is 17.5. The van der Waals surface area contributed by atoms with Gasteiger partial charge in [0.2, 0.25) is 0 Å². The molecule has 0 bridgehead atoms. The Morgan fingerprint density at radius 3 is 2.29 bits per heavy atom. The van der Waals surface area contributed by atoms with Gasteiger partial charge in [0.25, 0.3) is 0 Å². The summed E-state index contributed by atoms with van der Waals surface area (Å²) in [4.78, 5) is 23.5. The van der Waals surface area contributed by atoms with Crippen molar-refractivity contribution in [2.45, 2.75) is 19.0 Å². The molecule has 126 valence electrons. The molecule has 0 aromatic heterocycles. The molecule has 2 N–H and O–H groups in total. The van der Waals surface area contributed by atoms with E-state index < -0.39 is 12.0 Å². The number of carbonyl (C=O) groups excluding carboxylic acids is 2. The van der Waals surface area contributed by atoms with E-state index in [0.717, 1.165) is 15.8 Å². The van der Waals surface area contributed by atoms with Crippen molar-refractivity contribution in [3.05, 3.63) is 64.1 Å². The van der Waals surface area contributed by atoms with Crippen LogP contribution in [0.1, 0.15) is 22.3 Å². The molecular formula is C18H18BrNO4. The fraction of sp³-hybridized carbons (Fsp3) is 0.222. The molecule has 0 saturated heterocycles. The minimum absolute atomic E-state index is 0.111. The van der Waals surface area contributed by atoms with Crippen LogP contribution in [0.2, 0.25) is 0 Å². The first-order chi connectivity index (χ1) is 11.5. The number of carbonyl (C=O) groups is 2. The Hall–Kier alpha value is -2.18. The predicted molar refractivity (Wildman–Crippen MR) is 90.5 cm³/mol. The molecule has 0 radical (unpaired) electrons. The van der Waals surface area contributed by atoms with Crippen molar-refractivity contribution in [2.75, 3.05) is 7.11 Å². The second-order valence-corrected chi connectivity index (χ2v) is 6.26. The van der Waals surface area contributed by atoms with E-state index in [2.05, 4.69) is 15.9 Å². The summed E-state index contributed by atoms with van der Waals surface area (Å²) in [6, 6.07) is 13.3. The minimum Gasteiger partial charge on any atom is -0.544 e. The van der Waals surface area contributed by atoms with Gasteiger partial charge in [0.05, 0.1) is 19.5 Å². The molecule has 0 spiro atoms. The number of carboxylic acids is 1. The van der Waals surface area contributed by atoms with E-state index in [9.17, 15) is 14.7 Å². The average molecular weight is 392 g/mol. The van der Waals surface area contributed by atoms with E-state index in [1.807, 2.05) is 24.3 Å². The fourth-order valence-electron chi connectivity index (χ4n) is 2.26. The molecule has 2 aromatic carbocycles. The first kappa shape index (κ1) is 18.2. The number of benzene rings is 2. The third kappa shape index (κ3) is 5.18. The summed E-state index contributed by atoms with van der Waals surface area (Å²) in [7, 11) is 1.58. The molecule has 0 fully saturated rings. The Morgan fingerprint density at radius 2 is 1.75 bits per heavy atom. The largest absolute Gasteiger partial charge is 0.544 e. The molecule has 24 heavy (non-hydrogen) atoms. The highest BCUT2D eigenvalue weighted by Crippen LogP contribution is 2.13. The van der Waals surface area contributed by atoms with Gasteiger partial charge in [0.1, 0.15) is 18.3 Å². The number of ether oxygens (including phenoxy) is 1. The van der Waals surface area contributed by atoms with Gasteiger partial charge in [0, 0.05) is 15.6 Å². The van der Waals surface area contributed by atoms with Crippen LogP contribution in [0.25, 0.3) is 0 Å². The summed E-state index contributed by atoms with van der Waals surface area (Å²) in [6.07, 6.45) is -0.111. The van der Waals surface area contributed by atoms with Crippen LogP contribution in [-0.2, 0) is 11.3 Å². The monoisotopic (exact) mass is 391 g/mol. The number of aliphatic carboxylic acids is 1. The maximum Gasteiger partial charge on any atom is 0.169 e. The average Bonchev–Trinajstić information content (AvgIpc) is 2.59. The van der Waals surface area contributed by atoms with Gasteiger partial charge in [-0.1, -0.05) is 28.1 Å². The number of hydrogen-bond donors (Lipinski definition) is 1. The first-order valence-electron chi connectivity index (χ1n) is 7.45. The third-order valence-corrected chi connectivity index (χ3v) is 4.20. The Balaban J connectivity index is 1.97. The Morgan fingerprint density at radius 1 is 1.12 bits per heavy atom. The highest BCUT2D eigenvalue weighted by Gasteiger charge is 2.19. The molecule has 0 heterocycles. The second kappa shape index (κ2) is 8.61. The number of quaternary nitrogens is 1. The number of ketones is 1. The number of carboxylic acid groups (broad SMARTS) is 1. The summed E-state index contributed by atoms with van der Waals surface area (Å²) < 4.78 is 5.94. The van der Waals surface area contributed by atoms with Crippen LogP contribution >= 0.6 is 15.9 Å². The molecule has 0 aliphatic carbocycles. The van der Waals surface area contributed by atoms with Crippen LogP contribution in [0, 0.1) is 0 Å². The first-order valence-corrected chi connectivity index (χ1v) is 8.25. The summed E-state index contributed by atoms with van der Waals surface area (Å²) in [5, 5.41) is 12.9. The lowest BCUT2D eigenvalue weighted by Crippen LogP contribution is -2.92. The number of rotatable bonds is 8. The van der Waals surface area contributed by atoms with Crippen molar-refractivity contribution in [1.82, 2.24) is 0 Å². The van der Waals surface area contributed by atoms with Crippen LogP contribution in [0.3, 0.4) is 0 Å². The fourth-order valence-corrected chi connectivity index (χ4v) is 2.52. The second-order valence-electron chi connectivity index (χ2n) is 5.35. The number of halogens is 1. The number of nitrogens with two attached hydrogens (primary N) is 1. The van der Waals surface area contributed by atoms with Gasteiger partial charge < -0.3 is 20.0 Å². The molecule has 2 aromatic rings. The normalized spacial score (nSPS) is 11.8. The van der Waals surface area contributed by atoms with Gasteiger partial charge in [0.15, 0.2) is 5.78 Å². The lowest BCUT2D eigenvalue weighted by Gasteiger charge is -2.16. The molecule has 0 saturated carbocycles. The lowest BCUT2D eigenvalue weighted by atomic mass is 10.0. The Bertz CT molecular complexity index is 698. The van der Waals surface area contributed by atoms with Gasteiger partial charge in [-0.15, -0.1) is 0 Å². The molecule has 0 aliphatic rings. The van der Waals surface area contributed by atoms with Crippen molar-refractivity contribution in [3.8, 4) is 5.75 Å².